The van der Waals surface area contributed by atoms with E-state index in [0.717, 1.165) is 22.2 Å². The minimum absolute atomic E-state index is 0.0888. The molecular formula is C22H21ClN4O. The molecule has 0 N–H and O–H groups in total. The lowest BCUT2D eigenvalue weighted by Gasteiger charge is -2.32. The van der Waals surface area contributed by atoms with Crippen LogP contribution in [0.15, 0.2) is 52.6 Å². The minimum Gasteiger partial charge on any atom is -0.295 e. The van der Waals surface area contributed by atoms with Crippen LogP contribution in [0, 0.1) is 13.8 Å². The van der Waals surface area contributed by atoms with E-state index in [1.165, 1.54) is 0 Å². The van der Waals surface area contributed by atoms with Gasteiger partial charge in [0.25, 0.3) is 5.56 Å². The molecule has 0 radical (unpaired) electrons. The van der Waals surface area contributed by atoms with Crippen molar-refractivity contribution in [2.24, 2.45) is 7.05 Å². The average molecular weight is 393 g/mol. The summed E-state index contributed by atoms with van der Waals surface area (Å²) in [4.78, 5) is 26.2. The summed E-state index contributed by atoms with van der Waals surface area (Å²) in [6.45, 7) is 5.80. The predicted molar refractivity (Wildman–Crippen MR) is 112 cm³/mol. The van der Waals surface area contributed by atoms with Crippen molar-refractivity contribution in [3.05, 3.63) is 80.8 Å². The molecule has 4 rings (SSSR count). The molecule has 1 aliphatic rings. The lowest BCUT2D eigenvalue weighted by atomic mass is 9.75. The molecular weight excluding hydrogens is 372 g/mol. The molecule has 1 aliphatic carbocycles. The maximum atomic E-state index is 13.1. The van der Waals surface area contributed by atoms with Gasteiger partial charge in [0.1, 0.15) is 11.5 Å². The second-order valence-corrected chi connectivity index (χ2v) is 7.85. The van der Waals surface area contributed by atoms with Gasteiger partial charge in [0, 0.05) is 52.1 Å². The van der Waals surface area contributed by atoms with Crippen molar-refractivity contribution in [1.29, 1.82) is 0 Å². The zero-order chi connectivity index (χ0) is 20.1. The van der Waals surface area contributed by atoms with Gasteiger partial charge in [-0.3, -0.25) is 14.3 Å². The number of nitrogens with zero attached hydrogens (tertiary/aromatic N) is 4. The largest absolute Gasteiger partial charge is 0.295 e. The van der Waals surface area contributed by atoms with Gasteiger partial charge in [-0.15, -0.1) is 0 Å². The first-order valence-electron chi connectivity index (χ1n) is 9.15. The highest BCUT2D eigenvalue weighted by Crippen LogP contribution is 2.43. The van der Waals surface area contributed by atoms with Gasteiger partial charge in [0.2, 0.25) is 0 Å². The molecule has 1 unspecified atom stereocenters. The minimum atomic E-state index is -0.602. The normalized spacial score (nSPS) is 19.5. The van der Waals surface area contributed by atoms with Crippen LogP contribution in [0.25, 0.3) is 16.6 Å². The van der Waals surface area contributed by atoms with Gasteiger partial charge in [0.15, 0.2) is 0 Å². The smallest absolute Gasteiger partial charge is 0.256 e. The Morgan fingerprint density at radius 2 is 2.04 bits per heavy atom. The zero-order valence-electron chi connectivity index (χ0n) is 16.3. The molecule has 0 bridgehead atoms. The fourth-order valence-electron chi connectivity index (χ4n) is 3.71. The van der Waals surface area contributed by atoms with E-state index in [2.05, 4.69) is 21.0 Å². The van der Waals surface area contributed by atoms with E-state index in [0.29, 0.717) is 28.5 Å². The van der Waals surface area contributed by atoms with E-state index in [9.17, 15) is 4.79 Å². The summed E-state index contributed by atoms with van der Waals surface area (Å²) >= 11 is 6.78. The molecule has 5 nitrogen and oxygen atoms in total. The maximum absolute atomic E-state index is 13.1. The monoisotopic (exact) mass is 392 g/mol. The van der Waals surface area contributed by atoms with Gasteiger partial charge in [0.05, 0.1) is 0 Å². The summed E-state index contributed by atoms with van der Waals surface area (Å²) in [5.41, 5.74) is 3.62. The molecule has 0 fully saturated rings. The second-order valence-electron chi connectivity index (χ2n) is 7.44. The topological polar surface area (TPSA) is 60.7 Å². The van der Waals surface area contributed by atoms with Crippen LogP contribution in [0.2, 0.25) is 0 Å². The van der Waals surface area contributed by atoms with Crippen LogP contribution in [0.5, 0.6) is 0 Å². The number of fused-ring (bicyclic) bond motifs is 1. The summed E-state index contributed by atoms with van der Waals surface area (Å²) in [5.74, 6) is 0.636. The Morgan fingerprint density at radius 3 is 2.75 bits per heavy atom. The number of aryl methyl sites for hydroxylation is 3. The van der Waals surface area contributed by atoms with Crippen LogP contribution in [-0.2, 0) is 12.5 Å². The van der Waals surface area contributed by atoms with E-state index in [1.54, 1.807) is 24.0 Å². The first kappa shape index (κ1) is 18.6. The van der Waals surface area contributed by atoms with E-state index in [1.807, 2.05) is 45.0 Å². The van der Waals surface area contributed by atoms with Crippen molar-refractivity contribution >= 4 is 28.2 Å². The Hall–Kier alpha value is -2.79. The van der Waals surface area contributed by atoms with Crippen LogP contribution < -0.4 is 5.56 Å². The Labute approximate surface area is 168 Å². The van der Waals surface area contributed by atoms with Gasteiger partial charge in [-0.05, 0) is 44.1 Å². The highest BCUT2D eigenvalue weighted by atomic mass is 35.5. The van der Waals surface area contributed by atoms with Crippen molar-refractivity contribution in [2.75, 3.05) is 0 Å². The summed E-state index contributed by atoms with van der Waals surface area (Å²) in [5, 5.41) is 1.46. The van der Waals surface area contributed by atoms with Crippen LogP contribution in [0.4, 0.5) is 0 Å². The Balaban J connectivity index is 1.84. The second kappa shape index (κ2) is 6.67. The molecule has 3 aromatic heterocycles. The van der Waals surface area contributed by atoms with Gasteiger partial charge in [-0.2, -0.15) is 0 Å². The molecule has 3 heterocycles. The number of aromatic nitrogens is 4. The standard InChI is InChI=1S/C22H21ClN4O/c1-13-17(6-5-9-24-13)15-7-8-22(3,19(23)11-15)18-10-16-12-25-14(2)26-20(16)27(4)21(18)28/h5-7,9-12H,8H2,1-4H3. The molecule has 142 valence electrons. The number of hydrogen-bond acceptors (Lipinski definition) is 4. The van der Waals surface area contributed by atoms with Crippen LogP contribution in [0.3, 0.4) is 0 Å². The summed E-state index contributed by atoms with van der Waals surface area (Å²) in [6.07, 6.45) is 8.24. The molecule has 0 saturated heterocycles. The van der Waals surface area contributed by atoms with Gasteiger partial charge < -0.3 is 0 Å². The van der Waals surface area contributed by atoms with Crippen molar-refractivity contribution in [3.63, 3.8) is 0 Å². The number of allylic oxidation sites excluding steroid dienone is 4. The third kappa shape index (κ3) is 2.87. The average Bonchev–Trinajstić information content (AvgIpc) is 2.68. The van der Waals surface area contributed by atoms with Crippen molar-refractivity contribution < 1.29 is 0 Å². The van der Waals surface area contributed by atoms with Crippen LogP contribution in [0.1, 0.15) is 36.0 Å². The summed E-state index contributed by atoms with van der Waals surface area (Å²) in [6, 6.07) is 5.83. The van der Waals surface area contributed by atoms with Crippen molar-refractivity contribution in [2.45, 2.75) is 32.6 Å². The number of hydrogen-bond donors (Lipinski definition) is 0. The third-order valence-corrected chi connectivity index (χ3v) is 6.05. The SMILES string of the molecule is Cc1ncc2cc(C3(C)CC=C(c4cccnc4C)C=C3Cl)c(=O)n(C)c2n1. The van der Waals surface area contributed by atoms with Gasteiger partial charge in [-0.1, -0.05) is 30.7 Å². The fraction of sp³-hybridized carbons (Fsp3) is 0.273. The van der Waals surface area contributed by atoms with Crippen LogP contribution >= 0.6 is 11.6 Å². The molecule has 0 aromatic carbocycles. The van der Waals surface area contributed by atoms with Crippen LogP contribution in [-0.4, -0.2) is 19.5 Å². The molecule has 0 aliphatic heterocycles. The zero-order valence-corrected chi connectivity index (χ0v) is 17.1. The highest BCUT2D eigenvalue weighted by Gasteiger charge is 2.35. The van der Waals surface area contributed by atoms with E-state index in [4.69, 9.17) is 11.6 Å². The first-order chi connectivity index (χ1) is 13.3. The lowest BCUT2D eigenvalue weighted by Crippen LogP contribution is -2.34. The van der Waals surface area contributed by atoms with Gasteiger partial charge in [-0.25, -0.2) is 9.97 Å². The van der Waals surface area contributed by atoms with E-state index < -0.39 is 5.41 Å². The summed E-state index contributed by atoms with van der Waals surface area (Å²) < 4.78 is 1.58. The number of rotatable bonds is 2. The molecule has 28 heavy (non-hydrogen) atoms. The Morgan fingerprint density at radius 1 is 1.25 bits per heavy atom. The highest BCUT2D eigenvalue weighted by molar-refractivity contribution is 6.31. The summed E-state index contributed by atoms with van der Waals surface area (Å²) in [7, 11) is 1.74. The van der Waals surface area contributed by atoms with Crippen molar-refractivity contribution in [1.82, 2.24) is 19.5 Å². The fourth-order valence-corrected chi connectivity index (χ4v) is 4.01. The third-order valence-electron chi connectivity index (χ3n) is 5.52. The van der Waals surface area contributed by atoms with E-state index in [-0.39, 0.29) is 5.56 Å². The molecule has 0 amide bonds. The lowest BCUT2D eigenvalue weighted by molar-refractivity contribution is 0.575. The first-order valence-corrected chi connectivity index (χ1v) is 9.53. The maximum Gasteiger partial charge on any atom is 0.256 e. The molecule has 0 saturated carbocycles. The quantitative estimate of drug-likeness (QED) is 0.655. The molecule has 3 aromatic rings. The van der Waals surface area contributed by atoms with Gasteiger partial charge >= 0.3 is 0 Å². The number of halogens is 1. The van der Waals surface area contributed by atoms with Crippen molar-refractivity contribution in [3.8, 4) is 0 Å². The molecule has 6 heteroatoms. The van der Waals surface area contributed by atoms with E-state index >= 15 is 0 Å². The molecule has 1 atom stereocenters. The molecule has 0 spiro atoms. The number of pyridine rings is 2. The predicted octanol–water partition coefficient (Wildman–Crippen LogP) is 4.21. The Kier molecular flexibility index (Phi) is 4.42. The Bertz CT molecular complexity index is 1220.